The number of benzene rings is 1. The molecule has 0 aliphatic carbocycles. The number of rotatable bonds is 5. The van der Waals surface area contributed by atoms with Gasteiger partial charge in [-0.3, -0.25) is 9.36 Å². The molecule has 1 aromatic carbocycles. The second kappa shape index (κ2) is 8.52. The molecular formula is C22H20N2O5S2. The molecule has 0 saturated heterocycles. The van der Waals surface area contributed by atoms with Crippen molar-refractivity contribution in [2.24, 2.45) is 4.99 Å². The van der Waals surface area contributed by atoms with E-state index in [0.29, 0.717) is 32.1 Å². The Morgan fingerprint density at radius 3 is 2.65 bits per heavy atom. The Balaban J connectivity index is 1.94. The molecule has 160 valence electrons. The van der Waals surface area contributed by atoms with Gasteiger partial charge in [0.2, 0.25) is 0 Å². The lowest BCUT2D eigenvalue weighted by Crippen LogP contribution is -2.39. The standard InChI is InChI=1S/C22H20N2O5S2/c1-12-18(21(26)29-4)19(16-6-5-9-30-16)24-20(25)17(31-22(24)23-12)10-13-7-8-14(27-2)11-15(13)28-3/h5-11,19H,1-4H3. The van der Waals surface area contributed by atoms with Crippen LogP contribution in [0.1, 0.15) is 23.4 Å². The van der Waals surface area contributed by atoms with Crippen molar-refractivity contribution in [1.29, 1.82) is 0 Å². The minimum Gasteiger partial charge on any atom is -0.497 e. The molecule has 2 aromatic heterocycles. The molecule has 0 radical (unpaired) electrons. The number of ether oxygens (including phenoxy) is 3. The summed E-state index contributed by atoms with van der Waals surface area (Å²) in [6, 6.07) is 8.61. The van der Waals surface area contributed by atoms with Crippen LogP contribution in [0, 0.1) is 0 Å². The maximum atomic E-state index is 13.5. The van der Waals surface area contributed by atoms with Gasteiger partial charge in [0, 0.05) is 16.5 Å². The second-order valence-electron chi connectivity index (χ2n) is 6.70. The quantitative estimate of drug-likeness (QED) is 0.551. The Kier molecular flexibility index (Phi) is 5.79. The van der Waals surface area contributed by atoms with Gasteiger partial charge >= 0.3 is 5.97 Å². The maximum absolute atomic E-state index is 13.5. The Hall–Kier alpha value is -3.17. The molecule has 7 nitrogen and oxygen atoms in total. The fourth-order valence-electron chi connectivity index (χ4n) is 3.49. The van der Waals surface area contributed by atoms with Crippen LogP contribution in [0.15, 0.2) is 56.8 Å². The van der Waals surface area contributed by atoms with Crippen LogP contribution in [0.2, 0.25) is 0 Å². The molecule has 1 aliphatic heterocycles. The molecule has 3 heterocycles. The first-order valence-corrected chi connectivity index (χ1v) is 11.0. The number of esters is 1. The Morgan fingerprint density at radius 2 is 2.00 bits per heavy atom. The van der Waals surface area contributed by atoms with E-state index in [4.69, 9.17) is 14.2 Å². The highest BCUT2D eigenvalue weighted by Gasteiger charge is 2.33. The summed E-state index contributed by atoms with van der Waals surface area (Å²) in [6.45, 7) is 1.76. The highest BCUT2D eigenvalue weighted by atomic mass is 32.1. The zero-order valence-electron chi connectivity index (χ0n) is 17.4. The van der Waals surface area contributed by atoms with Crippen molar-refractivity contribution in [3.05, 3.63) is 77.1 Å². The number of carbonyl (C=O) groups excluding carboxylic acids is 1. The summed E-state index contributed by atoms with van der Waals surface area (Å²) < 4.78 is 17.8. The SMILES string of the molecule is COC(=O)C1=C(C)N=c2sc(=Cc3ccc(OC)cc3OC)c(=O)n2C1c1cccs1. The molecule has 1 atom stereocenters. The molecular weight excluding hydrogens is 436 g/mol. The number of hydrogen-bond donors (Lipinski definition) is 0. The number of thiazole rings is 1. The summed E-state index contributed by atoms with van der Waals surface area (Å²) in [6.07, 6.45) is 1.77. The molecule has 0 spiro atoms. The predicted molar refractivity (Wildman–Crippen MR) is 120 cm³/mol. The molecule has 1 aliphatic rings. The summed E-state index contributed by atoms with van der Waals surface area (Å²) in [5, 5.41) is 1.91. The van der Waals surface area contributed by atoms with Crippen LogP contribution in [0.4, 0.5) is 0 Å². The van der Waals surface area contributed by atoms with E-state index in [2.05, 4.69) is 4.99 Å². The van der Waals surface area contributed by atoms with E-state index in [-0.39, 0.29) is 5.56 Å². The normalized spacial score (nSPS) is 16.0. The molecule has 3 aromatic rings. The molecule has 0 N–H and O–H groups in total. The number of thiophene rings is 1. The van der Waals surface area contributed by atoms with E-state index in [0.717, 1.165) is 10.4 Å². The van der Waals surface area contributed by atoms with Gasteiger partial charge in [0.15, 0.2) is 4.80 Å². The molecule has 9 heteroatoms. The van der Waals surface area contributed by atoms with E-state index in [9.17, 15) is 9.59 Å². The van der Waals surface area contributed by atoms with Gasteiger partial charge in [-0.15, -0.1) is 11.3 Å². The van der Waals surface area contributed by atoms with Crippen LogP contribution < -0.4 is 24.4 Å². The van der Waals surface area contributed by atoms with Crippen molar-refractivity contribution >= 4 is 34.7 Å². The van der Waals surface area contributed by atoms with Crippen LogP contribution in [-0.2, 0) is 9.53 Å². The van der Waals surface area contributed by atoms with Gasteiger partial charge < -0.3 is 14.2 Å². The van der Waals surface area contributed by atoms with E-state index >= 15 is 0 Å². The van der Waals surface area contributed by atoms with Gasteiger partial charge in [0.05, 0.1) is 37.1 Å². The first kappa shape index (κ1) is 21.1. The number of allylic oxidation sites excluding steroid dienone is 1. The zero-order valence-corrected chi connectivity index (χ0v) is 19.0. The van der Waals surface area contributed by atoms with Crippen LogP contribution in [0.3, 0.4) is 0 Å². The molecule has 0 bridgehead atoms. The number of hydrogen-bond acceptors (Lipinski definition) is 8. The first-order valence-electron chi connectivity index (χ1n) is 9.34. The third-order valence-electron chi connectivity index (χ3n) is 4.97. The molecule has 1 unspecified atom stereocenters. The van der Waals surface area contributed by atoms with Crippen LogP contribution in [0.5, 0.6) is 11.5 Å². The highest BCUT2D eigenvalue weighted by molar-refractivity contribution is 7.10. The summed E-state index contributed by atoms with van der Waals surface area (Å²) >= 11 is 2.75. The number of aromatic nitrogens is 1. The van der Waals surface area contributed by atoms with Crippen molar-refractivity contribution in [3.8, 4) is 11.5 Å². The van der Waals surface area contributed by atoms with Gasteiger partial charge in [0.1, 0.15) is 17.5 Å². The topological polar surface area (TPSA) is 79.1 Å². The molecule has 0 saturated carbocycles. The maximum Gasteiger partial charge on any atom is 0.338 e. The van der Waals surface area contributed by atoms with Gasteiger partial charge in [-0.25, -0.2) is 9.79 Å². The largest absolute Gasteiger partial charge is 0.497 e. The Morgan fingerprint density at radius 1 is 1.19 bits per heavy atom. The average Bonchev–Trinajstić information content (AvgIpc) is 3.41. The number of carbonyl (C=O) groups is 1. The fraction of sp³-hybridized carbons (Fsp3) is 0.227. The first-order chi connectivity index (χ1) is 15.0. The number of nitrogens with zero attached hydrogens (tertiary/aromatic N) is 2. The van der Waals surface area contributed by atoms with Crippen molar-refractivity contribution in [2.75, 3.05) is 21.3 Å². The lowest BCUT2D eigenvalue weighted by molar-refractivity contribution is -0.136. The van der Waals surface area contributed by atoms with Gasteiger partial charge in [0.25, 0.3) is 5.56 Å². The number of fused-ring (bicyclic) bond motifs is 1. The van der Waals surface area contributed by atoms with Crippen molar-refractivity contribution in [2.45, 2.75) is 13.0 Å². The van der Waals surface area contributed by atoms with Gasteiger partial charge in [-0.2, -0.15) is 0 Å². The minimum atomic E-state index is -0.580. The van der Waals surface area contributed by atoms with E-state index in [1.54, 1.807) is 43.9 Å². The van der Waals surface area contributed by atoms with Crippen LogP contribution >= 0.6 is 22.7 Å². The van der Waals surface area contributed by atoms with Crippen molar-refractivity contribution < 1.29 is 19.0 Å². The molecule has 0 amide bonds. The highest BCUT2D eigenvalue weighted by Crippen LogP contribution is 2.33. The van der Waals surface area contributed by atoms with E-state index in [1.807, 2.05) is 23.6 Å². The van der Waals surface area contributed by atoms with E-state index in [1.165, 1.54) is 29.8 Å². The third kappa shape index (κ3) is 3.70. The van der Waals surface area contributed by atoms with Gasteiger partial charge in [-0.05, 0) is 36.6 Å². The molecule has 0 fully saturated rings. The smallest absolute Gasteiger partial charge is 0.338 e. The van der Waals surface area contributed by atoms with Gasteiger partial charge in [-0.1, -0.05) is 17.4 Å². The summed E-state index contributed by atoms with van der Waals surface area (Å²) in [5.41, 5.74) is 1.42. The summed E-state index contributed by atoms with van der Waals surface area (Å²) in [5.74, 6) is 0.753. The van der Waals surface area contributed by atoms with Crippen molar-refractivity contribution in [1.82, 2.24) is 4.57 Å². The monoisotopic (exact) mass is 456 g/mol. The lowest BCUT2D eigenvalue weighted by Gasteiger charge is -2.22. The zero-order chi connectivity index (χ0) is 22.1. The lowest BCUT2D eigenvalue weighted by atomic mass is 10.0. The summed E-state index contributed by atoms with van der Waals surface area (Å²) in [4.78, 5) is 32.0. The van der Waals surface area contributed by atoms with E-state index < -0.39 is 12.0 Å². The molecule has 4 rings (SSSR count). The Bertz CT molecular complexity index is 1350. The summed E-state index contributed by atoms with van der Waals surface area (Å²) in [7, 11) is 4.48. The van der Waals surface area contributed by atoms with Crippen molar-refractivity contribution in [3.63, 3.8) is 0 Å². The fourth-order valence-corrected chi connectivity index (χ4v) is 5.35. The van der Waals surface area contributed by atoms with Crippen LogP contribution in [0.25, 0.3) is 6.08 Å². The minimum absolute atomic E-state index is 0.228. The van der Waals surface area contributed by atoms with Crippen LogP contribution in [-0.4, -0.2) is 31.9 Å². The predicted octanol–water partition coefficient (Wildman–Crippen LogP) is 2.49. The second-order valence-corrected chi connectivity index (χ2v) is 8.69. The average molecular weight is 457 g/mol. The Labute approximate surface area is 186 Å². The third-order valence-corrected chi connectivity index (χ3v) is 6.87. The molecule has 31 heavy (non-hydrogen) atoms. The number of methoxy groups -OCH3 is 3.